The van der Waals surface area contributed by atoms with Crippen LogP contribution in [0.4, 0.5) is 13.2 Å². The average molecular weight is 609 g/mol. The van der Waals surface area contributed by atoms with Gasteiger partial charge in [-0.3, -0.25) is 9.89 Å². The molecule has 1 saturated heterocycles. The first-order valence-corrected chi connectivity index (χ1v) is 17.7. The number of aliphatic imine (C=N–C) groups is 1. The van der Waals surface area contributed by atoms with E-state index in [0.717, 1.165) is 63.7 Å². The van der Waals surface area contributed by atoms with Crippen molar-refractivity contribution in [3.05, 3.63) is 12.2 Å². The minimum Gasteiger partial charge on any atom is -0.372 e. The van der Waals surface area contributed by atoms with Crippen molar-refractivity contribution in [1.29, 1.82) is 0 Å². The topological polar surface area (TPSA) is 87.9 Å². The summed E-state index contributed by atoms with van der Waals surface area (Å²) in [5, 5.41) is 11.3. The summed E-state index contributed by atoms with van der Waals surface area (Å²) in [6, 6.07) is 0.369. The molecule has 0 bridgehead atoms. The molecule has 0 aromatic carbocycles. The first-order valence-electron chi connectivity index (χ1n) is 17.7. The smallest absolute Gasteiger partial charge is 0.372 e. The molecule has 5 nitrogen and oxygen atoms in total. The third-order valence-corrected chi connectivity index (χ3v) is 12.8. The molecule has 0 radical (unpaired) electrons. The number of allylic oxidation sites excluding steroid dienone is 2. The van der Waals surface area contributed by atoms with E-state index in [1.165, 1.54) is 32.1 Å². The van der Waals surface area contributed by atoms with Crippen LogP contribution in [0.2, 0.25) is 0 Å². The molecule has 1 heterocycles. The van der Waals surface area contributed by atoms with Crippen LogP contribution < -0.4 is 11.5 Å². The highest BCUT2D eigenvalue weighted by atomic mass is 19.4. The van der Waals surface area contributed by atoms with E-state index < -0.39 is 24.2 Å². The fraction of sp³-hybridized carbons (Fsp3) is 0.914. The SMILES string of the molecule is CCC1CCCC(C)(C2CCC(N)N2C(N)C2CC(C(O)N=C3C=CC(CC4CCCC4)C(C(F)(F)F)C3)CCC2C)C1. The minimum atomic E-state index is -4.27. The van der Waals surface area contributed by atoms with E-state index >= 15 is 0 Å². The van der Waals surface area contributed by atoms with Crippen LogP contribution in [0, 0.1) is 46.8 Å². The van der Waals surface area contributed by atoms with Crippen LogP contribution in [0.15, 0.2) is 17.1 Å². The number of alkyl halides is 3. The van der Waals surface area contributed by atoms with Crippen LogP contribution in [0.3, 0.4) is 0 Å². The van der Waals surface area contributed by atoms with Crippen molar-refractivity contribution in [2.24, 2.45) is 63.3 Å². The zero-order chi connectivity index (χ0) is 30.9. The minimum absolute atomic E-state index is 0.0552. The number of aliphatic hydroxyl groups is 1. The fourth-order valence-electron chi connectivity index (χ4n) is 10.1. The summed E-state index contributed by atoms with van der Waals surface area (Å²) in [6.07, 6.45) is 13.5. The van der Waals surface area contributed by atoms with Gasteiger partial charge in [0.05, 0.1) is 18.2 Å². The third kappa shape index (κ3) is 7.55. The van der Waals surface area contributed by atoms with Gasteiger partial charge in [-0.05, 0) is 92.4 Å². The van der Waals surface area contributed by atoms with Gasteiger partial charge in [0.2, 0.25) is 0 Å². The number of nitrogens with zero attached hydrogens (tertiary/aromatic N) is 2. The molecule has 4 aliphatic carbocycles. The van der Waals surface area contributed by atoms with Crippen LogP contribution in [0.5, 0.6) is 0 Å². The Morgan fingerprint density at radius 2 is 1.79 bits per heavy atom. The zero-order valence-corrected chi connectivity index (χ0v) is 26.9. The van der Waals surface area contributed by atoms with E-state index in [4.69, 9.17) is 11.5 Å². The average Bonchev–Trinajstić information content (AvgIpc) is 3.63. The highest BCUT2D eigenvalue weighted by Crippen LogP contribution is 2.50. The second-order valence-corrected chi connectivity index (χ2v) is 15.6. The molecule has 8 heteroatoms. The fourth-order valence-corrected chi connectivity index (χ4v) is 10.1. The third-order valence-electron chi connectivity index (χ3n) is 12.8. The number of hydrogen-bond donors (Lipinski definition) is 3. The molecule has 0 spiro atoms. The number of aliphatic hydroxyl groups excluding tert-OH is 1. The van der Waals surface area contributed by atoms with Crippen molar-refractivity contribution >= 4 is 5.71 Å². The molecular formula is C35H59F3N4O. The molecule has 5 N–H and O–H groups in total. The Balaban J connectivity index is 1.27. The Labute approximate surface area is 258 Å². The van der Waals surface area contributed by atoms with E-state index in [1.807, 2.05) is 0 Å². The first kappa shape index (κ1) is 33.4. The molecule has 0 aromatic heterocycles. The highest BCUT2D eigenvalue weighted by Gasteiger charge is 2.50. The molecule has 1 aliphatic heterocycles. The number of likely N-dealkylation sites (tertiary alicyclic amines) is 1. The number of halogens is 3. The van der Waals surface area contributed by atoms with E-state index in [-0.39, 0.29) is 36.0 Å². The van der Waals surface area contributed by atoms with Crippen molar-refractivity contribution in [2.75, 3.05) is 0 Å². The van der Waals surface area contributed by atoms with Gasteiger partial charge in [-0.1, -0.05) is 71.8 Å². The van der Waals surface area contributed by atoms with Crippen molar-refractivity contribution in [3.8, 4) is 0 Å². The lowest BCUT2D eigenvalue weighted by molar-refractivity contribution is -0.184. The largest absolute Gasteiger partial charge is 0.392 e. The van der Waals surface area contributed by atoms with Crippen molar-refractivity contribution in [2.45, 2.75) is 154 Å². The Hall–Kier alpha value is -0.960. The van der Waals surface area contributed by atoms with Crippen molar-refractivity contribution < 1.29 is 18.3 Å². The molecule has 5 aliphatic rings. The first-order chi connectivity index (χ1) is 20.4. The maximum absolute atomic E-state index is 14.1. The van der Waals surface area contributed by atoms with E-state index in [9.17, 15) is 18.3 Å². The Kier molecular flexibility index (Phi) is 10.7. The summed E-state index contributed by atoms with van der Waals surface area (Å²) in [4.78, 5) is 6.98. The molecule has 11 atom stereocenters. The maximum atomic E-state index is 14.1. The number of rotatable bonds is 8. The van der Waals surface area contributed by atoms with Crippen molar-refractivity contribution in [3.63, 3.8) is 0 Å². The maximum Gasteiger partial charge on any atom is 0.392 e. The zero-order valence-electron chi connectivity index (χ0n) is 26.9. The van der Waals surface area contributed by atoms with Gasteiger partial charge in [-0.2, -0.15) is 13.2 Å². The van der Waals surface area contributed by atoms with Gasteiger partial charge in [-0.25, -0.2) is 0 Å². The second kappa shape index (κ2) is 13.8. The summed E-state index contributed by atoms with van der Waals surface area (Å²) < 4.78 is 42.4. The molecule has 4 fully saturated rings. The van der Waals surface area contributed by atoms with Gasteiger partial charge >= 0.3 is 6.18 Å². The predicted octanol–water partition coefficient (Wildman–Crippen LogP) is 7.77. The summed E-state index contributed by atoms with van der Waals surface area (Å²) in [6.45, 7) is 7.02. The van der Waals surface area contributed by atoms with E-state index in [1.54, 1.807) is 12.2 Å². The van der Waals surface area contributed by atoms with Crippen LogP contribution in [-0.4, -0.2) is 46.5 Å². The van der Waals surface area contributed by atoms with Gasteiger partial charge in [0.15, 0.2) is 0 Å². The molecular weight excluding hydrogens is 549 g/mol. The normalized spacial score (nSPS) is 42.5. The lowest BCUT2D eigenvalue weighted by atomic mass is 9.65. The summed E-state index contributed by atoms with van der Waals surface area (Å²) >= 11 is 0. The van der Waals surface area contributed by atoms with Crippen LogP contribution in [-0.2, 0) is 0 Å². The quantitative estimate of drug-likeness (QED) is 0.263. The van der Waals surface area contributed by atoms with Crippen LogP contribution in [0.25, 0.3) is 0 Å². The standard InChI is InChI=1S/C35H59F3N4O/c1-4-23-10-7-17-34(3,21-23)30-15-16-31(39)42(30)32(40)28-19-26(12-11-22(28)2)33(43)41-27-14-13-25(18-24-8-5-6-9-24)29(20-27)35(36,37)38/h13-14,22-26,28-33,43H,4-12,15-21,39-40H2,1-3H3. The lowest BCUT2D eigenvalue weighted by Gasteiger charge is -2.50. The van der Waals surface area contributed by atoms with Gasteiger partial charge < -0.3 is 16.6 Å². The summed E-state index contributed by atoms with van der Waals surface area (Å²) in [7, 11) is 0. The number of nitrogens with two attached hydrogens (primary N) is 2. The molecule has 0 aromatic rings. The summed E-state index contributed by atoms with van der Waals surface area (Å²) in [5.74, 6) is -0.305. The van der Waals surface area contributed by atoms with E-state index in [2.05, 4.69) is 30.7 Å². The molecule has 3 saturated carbocycles. The Morgan fingerprint density at radius 3 is 2.49 bits per heavy atom. The van der Waals surface area contributed by atoms with Gasteiger partial charge in [0.25, 0.3) is 0 Å². The van der Waals surface area contributed by atoms with Gasteiger partial charge in [0.1, 0.15) is 6.23 Å². The summed E-state index contributed by atoms with van der Waals surface area (Å²) in [5.41, 5.74) is 14.5. The highest BCUT2D eigenvalue weighted by molar-refractivity contribution is 5.96. The van der Waals surface area contributed by atoms with Crippen LogP contribution in [0.1, 0.15) is 124 Å². The molecule has 5 rings (SSSR count). The predicted molar refractivity (Wildman–Crippen MR) is 168 cm³/mol. The lowest BCUT2D eigenvalue weighted by Crippen LogP contribution is -2.61. The molecule has 11 unspecified atom stereocenters. The van der Waals surface area contributed by atoms with Crippen LogP contribution >= 0.6 is 0 Å². The van der Waals surface area contributed by atoms with Gasteiger partial charge in [-0.15, -0.1) is 0 Å². The molecule has 246 valence electrons. The Bertz CT molecular complexity index is 981. The monoisotopic (exact) mass is 608 g/mol. The molecule has 43 heavy (non-hydrogen) atoms. The molecule has 0 amide bonds. The number of hydrogen-bond acceptors (Lipinski definition) is 5. The van der Waals surface area contributed by atoms with Gasteiger partial charge in [0, 0.05) is 24.1 Å². The second-order valence-electron chi connectivity index (χ2n) is 15.6. The van der Waals surface area contributed by atoms with E-state index in [0.29, 0.717) is 30.0 Å². The van der Waals surface area contributed by atoms with Crippen molar-refractivity contribution in [1.82, 2.24) is 4.90 Å². The Morgan fingerprint density at radius 1 is 1.07 bits per heavy atom.